The molecule has 1 aromatic carbocycles. The van der Waals surface area contributed by atoms with E-state index < -0.39 is 5.41 Å². The van der Waals surface area contributed by atoms with Crippen LogP contribution in [0.2, 0.25) is 0 Å². The van der Waals surface area contributed by atoms with Gasteiger partial charge in [0, 0.05) is 11.3 Å². The van der Waals surface area contributed by atoms with Crippen LogP contribution in [0, 0.1) is 25.2 Å². The summed E-state index contributed by atoms with van der Waals surface area (Å²) in [5.74, 6) is 1.89. The van der Waals surface area contributed by atoms with Crippen LogP contribution in [-0.4, -0.2) is 0 Å². The van der Waals surface area contributed by atoms with E-state index in [0.717, 1.165) is 22.8 Å². The highest BCUT2D eigenvalue weighted by atomic mass is 16.3. The highest BCUT2D eigenvalue weighted by molar-refractivity contribution is 5.49. The zero-order chi connectivity index (χ0) is 15.6. The fourth-order valence-corrected chi connectivity index (χ4v) is 2.46. The van der Waals surface area contributed by atoms with Crippen molar-refractivity contribution in [2.45, 2.75) is 46.1 Å². The molecular weight excluding hydrogens is 260 g/mol. The van der Waals surface area contributed by atoms with E-state index in [-0.39, 0.29) is 6.04 Å². The minimum atomic E-state index is -0.456. The third kappa shape index (κ3) is 3.28. The number of furan rings is 1. The number of aryl methyl sites for hydroxylation is 2. The summed E-state index contributed by atoms with van der Waals surface area (Å²) >= 11 is 0. The van der Waals surface area contributed by atoms with Crippen LogP contribution >= 0.6 is 0 Å². The van der Waals surface area contributed by atoms with Crippen molar-refractivity contribution in [2.24, 2.45) is 0 Å². The summed E-state index contributed by atoms with van der Waals surface area (Å²) in [7, 11) is 0. The molecule has 2 rings (SSSR count). The van der Waals surface area contributed by atoms with E-state index in [1.807, 2.05) is 52.0 Å². The van der Waals surface area contributed by atoms with E-state index >= 15 is 0 Å². The van der Waals surface area contributed by atoms with Crippen LogP contribution in [0.5, 0.6) is 0 Å². The molecule has 2 aromatic rings. The van der Waals surface area contributed by atoms with Crippen LogP contribution in [-0.2, 0) is 5.41 Å². The van der Waals surface area contributed by atoms with E-state index in [9.17, 15) is 0 Å². The Balaban J connectivity index is 2.14. The number of hydrogen-bond donors (Lipinski definition) is 1. The Hall–Kier alpha value is -2.21. The molecule has 21 heavy (non-hydrogen) atoms. The van der Waals surface area contributed by atoms with Crippen molar-refractivity contribution in [3.05, 3.63) is 53.0 Å². The number of nitrogens with zero attached hydrogens (tertiary/aromatic N) is 1. The first-order chi connectivity index (χ1) is 9.83. The van der Waals surface area contributed by atoms with Gasteiger partial charge in [0.05, 0.1) is 17.5 Å². The quantitative estimate of drug-likeness (QED) is 0.870. The minimum Gasteiger partial charge on any atom is -0.466 e. The Bertz CT molecular complexity index is 660. The lowest BCUT2D eigenvalue weighted by atomic mass is 9.86. The van der Waals surface area contributed by atoms with Gasteiger partial charge in [0.25, 0.3) is 0 Å². The average Bonchev–Trinajstić information content (AvgIpc) is 2.78. The number of rotatable bonds is 4. The van der Waals surface area contributed by atoms with E-state index in [1.165, 1.54) is 5.56 Å². The lowest BCUT2D eigenvalue weighted by Gasteiger charge is -2.18. The summed E-state index contributed by atoms with van der Waals surface area (Å²) in [6, 6.07) is 12.6. The Labute approximate surface area is 126 Å². The maximum atomic E-state index is 9.17. The van der Waals surface area contributed by atoms with Crippen LogP contribution in [0.4, 0.5) is 5.69 Å². The molecule has 0 radical (unpaired) electrons. The van der Waals surface area contributed by atoms with Crippen molar-refractivity contribution >= 4 is 5.69 Å². The number of nitrogens with one attached hydrogen (secondary N) is 1. The van der Waals surface area contributed by atoms with Gasteiger partial charge in [-0.05, 0) is 58.4 Å². The highest BCUT2D eigenvalue weighted by Gasteiger charge is 2.19. The monoisotopic (exact) mass is 282 g/mol. The fraction of sp³-hybridized carbons (Fsp3) is 0.389. The van der Waals surface area contributed by atoms with Gasteiger partial charge in [0.1, 0.15) is 11.5 Å². The second kappa shape index (κ2) is 5.65. The first-order valence-electron chi connectivity index (χ1n) is 7.19. The second-order valence-corrected chi connectivity index (χ2v) is 6.05. The van der Waals surface area contributed by atoms with Crippen molar-refractivity contribution in [1.82, 2.24) is 0 Å². The topological polar surface area (TPSA) is 49.0 Å². The second-order valence-electron chi connectivity index (χ2n) is 6.05. The molecule has 1 N–H and O–H groups in total. The molecule has 0 fully saturated rings. The van der Waals surface area contributed by atoms with Gasteiger partial charge >= 0.3 is 0 Å². The summed E-state index contributed by atoms with van der Waals surface area (Å²) in [6.07, 6.45) is 0. The Morgan fingerprint density at radius 1 is 1.19 bits per heavy atom. The maximum absolute atomic E-state index is 9.17. The number of benzene rings is 1. The molecule has 0 aliphatic rings. The Morgan fingerprint density at radius 2 is 1.81 bits per heavy atom. The van der Waals surface area contributed by atoms with E-state index in [4.69, 9.17) is 9.68 Å². The highest BCUT2D eigenvalue weighted by Crippen LogP contribution is 2.27. The average molecular weight is 282 g/mol. The number of anilines is 1. The standard InChI is InChI=1S/C18H22N2O/c1-12-10-17(14(3)21-12)13(2)20-16-8-6-15(7-9-16)18(4,5)11-19/h6-10,13,20H,1-5H3. The smallest absolute Gasteiger partial charge is 0.106 e. The lowest BCUT2D eigenvalue weighted by Crippen LogP contribution is -2.14. The predicted molar refractivity (Wildman–Crippen MR) is 85.3 cm³/mol. The van der Waals surface area contributed by atoms with Gasteiger partial charge in [0.2, 0.25) is 0 Å². The number of hydrogen-bond acceptors (Lipinski definition) is 3. The van der Waals surface area contributed by atoms with Crippen molar-refractivity contribution in [3.8, 4) is 6.07 Å². The predicted octanol–water partition coefficient (Wildman–Crippen LogP) is 4.87. The van der Waals surface area contributed by atoms with Crippen LogP contribution in [0.15, 0.2) is 34.7 Å². The number of nitriles is 1. The molecule has 1 unspecified atom stereocenters. The maximum Gasteiger partial charge on any atom is 0.106 e. The van der Waals surface area contributed by atoms with Crippen molar-refractivity contribution in [1.29, 1.82) is 5.26 Å². The lowest BCUT2D eigenvalue weighted by molar-refractivity contribution is 0.500. The summed E-state index contributed by atoms with van der Waals surface area (Å²) in [5, 5.41) is 12.6. The van der Waals surface area contributed by atoms with Crippen molar-refractivity contribution < 1.29 is 4.42 Å². The van der Waals surface area contributed by atoms with Crippen LogP contribution < -0.4 is 5.32 Å². The fourth-order valence-electron chi connectivity index (χ4n) is 2.46. The van der Waals surface area contributed by atoms with Gasteiger partial charge < -0.3 is 9.73 Å². The van der Waals surface area contributed by atoms with Gasteiger partial charge in [-0.25, -0.2) is 0 Å². The third-order valence-electron chi connectivity index (χ3n) is 3.82. The molecule has 1 heterocycles. The zero-order valence-electron chi connectivity index (χ0n) is 13.3. The molecule has 1 aromatic heterocycles. The van der Waals surface area contributed by atoms with Crippen LogP contribution in [0.1, 0.15) is 49.5 Å². The SMILES string of the molecule is Cc1cc(C(C)Nc2ccc(C(C)(C)C#N)cc2)c(C)o1. The summed E-state index contributed by atoms with van der Waals surface area (Å²) in [5.41, 5.74) is 2.79. The molecule has 0 spiro atoms. The van der Waals surface area contributed by atoms with E-state index in [2.05, 4.69) is 24.4 Å². The van der Waals surface area contributed by atoms with Gasteiger partial charge in [0.15, 0.2) is 0 Å². The molecule has 0 saturated heterocycles. The van der Waals surface area contributed by atoms with Gasteiger partial charge in [-0.1, -0.05) is 12.1 Å². The molecule has 0 aliphatic heterocycles. The van der Waals surface area contributed by atoms with Gasteiger partial charge in [-0.3, -0.25) is 0 Å². The summed E-state index contributed by atoms with van der Waals surface area (Å²) in [6.45, 7) is 9.91. The van der Waals surface area contributed by atoms with Crippen LogP contribution in [0.3, 0.4) is 0 Å². The summed E-state index contributed by atoms with van der Waals surface area (Å²) < 4.78 is 5.58. The largest absolute Gasteiger partial charge is 0.466 e. The van der Waals surface area contributed by atoms with Crippen molar-refractivity contribution in [2.75, 3.05) is 5.32 Å². The molecule has 0 aliphatic carbocycles. The zero-order valence-corrected chi connectivity index (χ0v) is 13.3. The first kappa shape index (κ1) is 15.2. The van der Waals surface area contributed by atoms with E-state index in [0.29, 0.717) is 0 Å². The third-order valence-corrected chi connectivity index (χ3v) is 3.82. The van der Waals surface area contributed by atoms with Gasteiger partial charge in [-0.2, -0.15) is 5.26 Å². The Morgan fingerprint density at radius 3 is 2.29 bits per heavy atom. The van der Waals surface area contributed by atoms with Crippen molar-refractivity contribution in [3.63, 3.8) is 0 Å². The molecule has 1 atom stereocenters. The van der Waals surface area contributed by atoms with E-state index in [1.54, 1.807) is 0 Å². The summed E-state index contributed by atoms with van der Waals surface area (Å²) in [4.78, 5) is 0. The molecule has 0 amide bonds. The minimum absolute atomic E-state index is 0.178. The van der Waals surface area contributed by atoms with Crippen LogP contribution in [0.25, 0.3) is 0 Å². The molecule has 3 heteroatoms. The molecular formula is C18H22N2O. The van der Waals surface area contributed by atoms with Gasteiger partial charge in [-0.15, -0.1) is 0 Å². The normalized spacial score (nSPS) is 12.8. The first-order valence-corrected chi connectivity index (χ1v) is 7.19. The Kier molecular flexibility index (Phi) is 4.09. The molecule has 0 bridgehead atoms. The molecule has 3 nitrogen and oxygen atoms in total. The molecule has 0 saturated carbocycles. The molecule has 110 valence electrons.